The van der Waals surface area contributed by atoms with Gasteiger partial charge in [0, 0.05) is 0 Å². The van der Waals surface area contributed by atoms with Gasteiger partial charge in [-0.15, -0.1) is 0 Å². The minimum absolute atomic E-state index is 0.199. The highest BCUT2D eigenvalue weighted by molar-refractivity contribution is 5.33. The van der Waals surface area contributed by atoms with Crippen molar-refractivity contribution in [3.05, 3.63) is 60.4 Å². The molecular formula is C11H12O. The van der Waals surface area contributed by atoms with E-state index in [-0.39, 0.29) is 5.76 Å². The van der Waals surface area contributed by atoms with Crippen molar-refractivity contribution in [1.82, 2.24) is 0 Å². The molecule has 1 N–H and O–H groups in total. The second kappa shape index (κ2) is 4.39. The van der Waals surface area contributed by atoms with E-state index in [1.54, 1.807) is 6.08 Å². The lowest BCUT2D eigenvalue weighted by Gasteiger charge is -1.98. The van der Waals surface area contributed by atoms with E-state index in [0.717, 1.165) is 6.42 Å². The van der Waals surface area contributed by atoms with Crippen molar-refractivity contribution >= 4 is 0 Å². The molecule has 1 heteroatoms. The highest BCUT2D eigenvalue weighted by Crippen LogP contribution is 2.10. The summed E-state index contributed by atoms with van der Waals surface area (Å²) >= 11 is 0. The monoisotopic (exact) mass is 160 g/mol. The molecule has 0 spiro atoms. The number of aliphatic hydroxyl groups is 1. The summed E-state index contributed by atoms with van der Waals surface area (Å²) < 4.78 is 0. The molecule has 0 aromatic carbocycles. The third-order valence-electron chi connectivity index (χ3n) is 1.59. The Bertz CT molecular complexity index is 277. The van der Waals surface area contributed by atoms with Gasteiger partial charge in [0.2, 0.25) is 0 Å². The van der Waals surface area contributed by atoms with E-state index >= 15 is 0 Å². The summed E-state index contributed by atoms with van der Waals surface area (Å²) in [7, 11) is 0. The Hall–Kier alpha value is -1.50. The Morgan fingerprint density at radius 3 is 2.92 bits per heavy atom. The predicted molar refractivity (Wildman–Crippen MR) is 51.9 cm³/mol. The molecule has 0 aromatic rings. The maximum atomic E-state index is 9.04. The van der Waals surface area contributed by atoms with Crippen molar-refractivity contribution < 1.29 is 5.11 Å². The molecule has 0 amide bonds. The zero-order valence-electron chi connectivity index (χ0n) is 6.90. The van der Waals surface area contributed by atoms with Crippen LogP contribution in [-0.4, -0.2) is 5.11 Å². The number of rotatable bonds is 2. The molecule has 0 saturated carbocycles. The van der Waals surface area contributed by atoms with E-state index in [2.05, 4.69) is 12.7 Å². The van der Waals surface area contributed by atoms with E-state index in [9.17, 15) is 0 Å². The van der Waals surface area contributed by atoms with Gasteiger partial charge >= 0.3 is 0 Å². The maximum absolute atomic E-state index is 9.04. The molecule has 0 saturated heterocycles. The second-order valence-corrected chi connectivity index (χ2v) is 2.53. The average molecular weight is 160 g/mol. The maximum Gasteiger partial charge on any atom is 0.114 e. The molecule has 0 unspecified atom stereocenters. The van der Waals surface area contributed by atoms with E-state index in [1.165, 1.54) is 11.6 Å². The highest BCUT2D eigenvalue weighted by Gasteiger charge is 1.90. The molecule has 0 fully saturated rings. The lowest BCUT2D eigenvalue weighted by Crippen LogP contribution is -1.79. The summed E-state index contributed by atoms with van der Waals surface area (Å²) in [5.41, 5.74) is 1.19. The second-order valence-electron chi connectivity index (χ2n) is 2.53. The lowest BCUT2D eigenvalue weighted by atomic mass is 10.1. The largest absolute Gasteiger partial charge is 0.508 e. The van der Waals surface area contributed by atoms with Gasteiger partial charge in [-0.1, -0.05) is 37.0 Å². The topological polar surface area (TPSA) is 20.2 Å². The van der Waals surface area contributed by atoms with Gasteiger partial charge in [0.15, 0.2) is 0 Å². The summed E-state index contributed by atoms with van der Waals surface area (Å²) in [6.45, 7) is 3.44. The van der Waals surface area contributed by atoms with Crippen molar-refractivity contribution in [1.29, 1.82) is 0 Å². The van der Waals surface area contributed by atoms with Crippen LogP contribution in [0.1, 0.15) is 6.42 Å². The first kappa shape index (κ1) is 8.60. The van der Waals surface area contributed by atoms with Crippen molar-refractivity contribution in [3.8, 4) is 0 Å². The summed E-state index contributed by atoms with van der Waals surface area (Å²) in [6.07, 6.45) is 14.0. The standard InChI is InChI=1S/C11H12O/c1-2-11(12)9-8-10-6-4-3-5-7-10/h2-6,8-9,12H,1,7H2/b10-8-,11-9+. The fraction of sp³-hybridized carbons (Fsp3) is 0.0909. The van der Waals surface area contributed by atoms with E-state index in [0.29, 0.717) is 0 Å². The van der Waals surface area contributed by atoms with Crippen LogP contribution < -0.4 is 0 Å². The normalized spacial score (nSPS) is 20.0. The van der Waals surface area contributed by atoms with Crippen LogP contribution in [0.5, 0.6) is 0 Å². The van der Waals surface area contributed by atoms with Gasteiger partial charge < -0.3 is 5.11 Å². The average Bonchev–Trinajstić information content (AvgIpc) is 2.16. The fourth-order valence-corrected chi connectivity index (χ4v) is 0.914. The number of hydrogen-bond acceptors (Lipinski definition) is 1. The van der Waals surface area contributed by atoms with E-state index in [4.69, 9.17) is 5.11 Å². The Balaban J connectivity index is 2.64. The van der Waals surface area contributed by atoms with Gasteiger partial charge in [-0.3, -0.25) is 0 Å². The van der Waals surface area contributed by atoms with Crippen molar-refractivity contribution in [2.24, 2.45) is 0 Å². The van der Waals surface area contributed by atoms with Crippen LogP contribution in [0.25, 0.3) is 0 Å². The zero-order chi connectivity index (χ0) is 8.81. The molecule has 0 atom stereocenters. The molecule has 1 rings (SSSR count). The zero-order valence-corrected chi connectivity index (χ0v) is 6.90. The Morgan fingerprint density at radius 2 is 2.33 bits per heavy atom. The Morgan fingerprint density at radius 1 is 1.50 bits per heavy atom. The van der Waals surface area contributed by atoms with Crippen LogP contribution in [-0.2, 0) is 0 Å². The van der Waals surface area contributed by atoms with Gasteiger partial charge in [0.25, 0.3) is 0 Å². The third kappa shape index (κ3) is 2.62. The predicted octanol–water partition coefficient (Wildman–Crippen LogP) is 3.06. The van der Waals surface area contributed by atoms with Crippen molar-refractivity contribution in [2.75, 3.05) is 0 Å². The molecular weight excluding hydrogens is 148 g/mol. The molecule has 0 aliphatic heterocycles. The summed E-state index contributed by atoms with van der Waals surface area (Å²) in [6, 6.07) is 0. The number of aliphatic hydroxyl groups excluding tert-OH is 1. The minimum atomic E-state index is 0.199. The Kier molecular flexibility index (Phi) is 3.15. The number of allylic oxidation sites excluding steroid dienone is 8. The summed E-state index contributed by atoms with van der Waals surface area (Å²) in [5.74, 6) is 0.199. The molecule has 0 heterocycles. The van der Waals surface area contributed by atoms with Gasteiger partial charge in [-0.05, 0) is 24.1 Å². The minimum Gasteiger partial charge on any atom is -0.508 e. The molecule has 1 aliphatic carbocycles. The summed E-state index contributed by atoms with van der Waals surface area (Å²) in [5, 5.41) is 9.04. The van der Waals surface area contributed by atoms with Crippen LogP contribution in [0.3, 0.4) is 0 Å². The van der Waals surface area contributed by atoms with Crippen LogP contribution >= 0.6 is 0 Å². The van der Waals surface area contributed by atoms with Crippen LogP contribution in [0.15, 0.2) is 60.4 Å². The van der Waals surface area contributed by atoms with Gasteiger partial charge in [0.1, 0.15) is 5.76 Å². The first-order valence-electron chi connectivity index (χ1n) is 3.88. The molecule has 1 nitrogen and oxygen atoms in total. The molecule has 12 heavy (non-hydrogen) atoms. The number of hydrogen-bond donors (Lipinski definition) is 1. The summed E-state index contributed by atoms with van der Waals surface area (Å²) in [4.78, 5) is 0. The Labute approximate surface area is 72.7 Å². The van der Waals surface area contributed by atoms with Gasteiger partial charge in [-0.25, -0.2) is 0 Å². The van der Waals surface area contributed by atoms with Crippen LogP contribution in [0.4, 0.5) is 0 Å². The highest BCUT2D eigenvalue weighted by atomic mass is 16.3. The molecule has 0 aromatic heterocycles. The first-order valence-corrected chi connectivity index (χ1v) is 3.88. The molecule has 62 valence electrons. The van der Waals surface area contributed by atoms with E-state index < -0.39 is 0 Å². The first-order chi connectivity index (χ1) is 5.83. The SMILES string of the molecule is C=C/C(O)=C\C=C1\C=CC=CC1. The van der Waals surface area contributed by atoms with Crippen LogP contribution in [0.2, 0.25) is 0 Å². The quantitative estimate of drug-likeness (QED) is 0.486. The third-order valence-corrected chi connectivity index (χ3v) is 1.59. The van der Waals surface area contributed by atoms with Gasteiger partial charge in [0.05, 0.1) is 0 Å². The van der Waals surface area contributed by atoms with Gasteiger partial charge in [-0.2, -0.15) is 0 Å². The van der Waals surface area contributed by atoms with Crippen molar-refractivity contribution in [3.63, 3.8) is 0 Å². The molecule has 0 bridgehead atoms. The lowest BCUT2D eigenvalue weighted by molar-refractivity contribution is 0.433. The van der Waals surface area contributed by atoms with E-state index in [1.807, 2.05) is 24.3 Å². The molecule has 0 radical (unpaired) electrons. The smallest absolute Gasteiger partial charge is 0.114 e. The van der Waals surface area contributed by atoms with Crippen molar-refractivity contribution in [2.45, 2.75) is 6.42 Å². The molecule has 1 aliphatic rings. The fourth-order valence-electron chi connectivity index (χ4n) is 0.914. The van der Waals surface area contributed by atoms with Crippen LogP contribution in [0, 0.1) is 0 Å².